The van der Waals surface area contributed by atoms with E-state index in [4.69, 9.17) is 5.73 Å². The third kappa shape index (κ3) is 7.77. The number of aliphatic hydroxyl groups is 1. The Labute approximate surface area is 94.6 Å². The van der Waals surface area contributed by atoms with Gasteiger partial charge in [0, 0.05) is 12.6 Å². The molecule has 0 aliphatic heterocycles. The molecule has 92 valence electrons. The summed E-state index contributed by atoms with van der Waals surface area (Å²) in [6.45, 7) is 11.8. The van der Waals surface area contributed by atoms with E-state index in [0.29, 0.717) is 6.54 Å². The first-order valence-corrected chi connectivity index (χ1v) is 5.69. The van der Waals surface area contributed by atoms with Gasteiger partial charge in [-0.15, -0.1) is 0 Å². The zero-order valence-corrected chi connectivity index (χ0v) is 11.2. The van der Waals surface area contributed by atoms with Gasteiger partial charge in [-0.25, -0.2) is 0 Å². The summed E-state index contributed by atoms with van der Waals surface area (Å²) in [5, 5.41) is 9.64. The Bertz CT molecular complexity index is 179. The zero-order valence-electron chi connectivity index (χ0n) is 11.2. The summed E-state index contributed by atoms with van der Waals surface area (Å²) in [7, 11) is 2.02. The van der Waals surface area contributed by atoms with Crippen molar-refractivity contribution in [1.29, 1.82) is 0 Å². The second-order valence-corrected chi connectivity index (χ2v) is 6.31. The standard InChI is InChI=1S/C12H28N2O/c1-11(2,3)10(13)7-8-14(6)9-12(4,5)15/h10,15H,7-9,13H2,1-6H3. The molecule has 15 heavy (non-hydrogen) atoms. The molecule has 0 heterocycles. The van der Waals surface area contributed by atoms with Gasteiger partial charge in [-0.05, 0) is 39.3 Å². The van der Waals surface area contributed by atoms with E-state index >= 15 is 0 Å². The Hall–Kier alpha value is -0.120. The molecule has 3 N–H and O–H groups in total. The van der Waals surface area contributed by atoms with E-state index in [0.717, 1.165) is 13.0 Å². The van der Waals surface area contributed by atoms with Gasteiger partial charge in [0.1, 0.15) is 0 Å². The third-order valence-electron chi connectivity index (χ3n) is 2.59. The normalized spacial score (nSPS) is 15.8. The van der Waals surface area contributed by atoms with Crippen molar-refractivity contribution in [3.63, 3.8) is 0 Å². The summed E-state index contributed by atoms with van der Waals surface area (Å²) in [6.07, 6.45) is 0.968. The minimum absolute atomic E-state index is 0.162. The SMILES string of the molecule is CN(CCC(N)C(C)(C)C)CC(C)(C)O. The number of rotatable bonds is 5. The van der Waals surface area contributed by atoms with Crippen molar-refractivity contribution in [1.82, 2.24) is 4.90 Å². The van der Waals surface area contributed by atoms with Crippen LogP contribution >= 0.6 is 0 Å². The maximum absolute atomic E-state index is 9.64. The van der Waals surface area contributed by atoms with E-state index in [1.807, 2.05) is 20.9 Å². The van der Waals surface area contributed by atoms with E-state index in [-0.39, 0.29) is 11.5 Å². The lowest BCUT2D eigenvalue weighted by molar-refractivity contribution is 0.0429. The number of hydrogen-bond acceptors (Lipinski definition) is 3. The Kier molecular flexibility index (Phi) is 5.24. The number of likely N-dealkylation sites (N-methyl/N-ethyl adjacent to an activating group) is 1. The van der Waals surface area contributed by atoms with Gasteiger partial charge < -0.3 is 15.7 Å². The van der Waals surface area contributed by atoms with E-state index in [9.17, 15) is 5.11 Å². The second-order valence-electron chi connectivity index (χ2n) is 6.31. The minimum Gasteiger partial charge on any atom is -0.389 e. The molecule has 0 rings (SSSR count). The fraction of sp³-hybridized carbons (Fsp3) is 1.00. The molecular weight excluding hydrogens is 188 g/mol. The largest absolute Gasteiger partial charge is 0.389 e. The van der Waals surface area contributed by atoms with Crippen LogP contribution in [0.1, 0.15) is 41.0 Å². The van der Waals surface area contributed by atoms with Crippen LogP contribution in [-0.2, 0) is 0 Å². The highest BCUT2D eigenvalue weighted by Gasteiger charge is 2.21. The van der Waals surface area contributed by atoms with Gasteiger partial charge in [-0.1, -0.05) is 20.8 Å². The van der Waals surface area contributed by atoms with Crippen molar-refractivity contribution >= 4 is 0 Å². The van der Waals surface area contributed by atoms with Crippen LogP contribution in [0.2, 0.25) is 0 Å². The molecule has 0 aromatic rings. The lowest BCUT2D eigenvalue weighted by Gasteiger charge is -2.30. The van der Waals surface area contributed by atoms with Gasteiger partial charge in [0.15, 0.2) is 0 Å². The van der Waals surface area contributed by atoms with Gasteiger partial charge in [0.25, 0.3) is 0 Å². The first-order valence-electron chi connectivity index (χ1n) is 5.69. The molecule has 0 aliphatic rings. The molecule has 3 nitrogen and oxygen atoms in total. The average Bonchev–Trinajstić information content (AvgIpc) is 1.94. The van der Waals surface area contributed by atoms with Gasteiger partial charge >= 0.3 is 0 Å². The van der Waals surface area contributed by atoms with Crippen LogP contribution < -0.4 is 5.73 Å². The summed E-state index contributed by atoms with van der Waals surface area (Å²) in [6, 6.07) is 0.210. The maximum atomic E-state index is 9.64. The molecule has 1 unspecified atom stereocenters. The van der Waals surface area contributed by atoms with Gasteiger partial charge in [-0.3, -0.25) is 0 Å². The third-order valence-corrected chi connectivity index (χ3v) is 2.59. The number of nitrogens with zero attached hydrogens (tertiary/aromatic N) is 1. The first kappa shape index (κ1) is 14.9. The number of nitrogens with two attached hydrogens (primary N) is 1. The van der Waals surface area contributed by atoms with E-state index in [1.165, 1.54) is 0 Å². The van der Waals surface area contributed by atoms with Gasteiger partial charge in [0.2, 0.25) is 0 Å². The molecule has 0 bridgehead atoms. The molecule has 0 spiro atoms. The highest BCUT2D eigenvalue weighted by Crippen LogP contribution is 2.19. The average molecular weight is 216 g/mol. The van der Waals surface area contributed by atoms with E-state index in [1.54, 1.807) is 0 Å². The second kappa shape index (κ2) is 5.28. The molecule has 0 aromatic carbocycles. The van der Waals surface area contributed by atoms with Crippen molar-refractivity contribution in [3.8, 4) is 0 Å². The van der Waals surface area contributed by atoms with Crippen LogP contribution in [0.4, 0.5) is 0 Å². The summed E-state index contributed by atoms with van der Waals surface area (Å²) in [5.41, 5.74) is 5.61. The molecular formula is C12H28N2O. The highest BCUT2D eigenvalue weighted by molar-refractivity contribution is 4.78. The van der Waals surface area contributed by atoms with Crippen molar-refractivity contribution in [2.45, 2.75) is 52.7 Å². The van der Waals surface area contributed by atoms with E-state index in [2.05, 4.69) is 25.7 Å². The predicted octanol–water partition coefficient (Wildman–Crippen LogP) is 1.45. The smallest absolute Gasteiger partial charge is 0.0718 e. The molecule has 0 saturated heterocycles. The summed E-state index contributed by atoms with van der Waals surface area (Å²) in [4.78, 5) is 2.13. The predicted molar refractivity (Wildman–Crippen MR) is 65.8 cm³/mol. The van der Waals surface area contributed by atoms with Crippen LogP contribution in [0.5, 0.6) is 0 Å². The summed E-state index contributed by atoms with van der Waals surface area (Å²) < 4.78 is 0. The fourth-order valence-electron chi connectivity index (χ4n) is 1.53. The van der Waals surface area contributed by atoms with Crippen molar-refractivity contribution < 1.29 is 5.11 Å². The fourth-order valence-corrected chi connectivity index (χ4v) is 1.53. The summed E-state index contributed by atoms with van der Waals surface area (Å²) in [5.74, 6) is 0. The zero-order chi connectivity index (χ0) is 12.3. The molecule has 0 fully saturated rings. The first-order chi connectivity index (χ1) is 6.52. The maximum Gasteiger partial charge on any atom is 0.0718 e. The topological polar surface area (TPSA) is 49.5 Å². The van der Waals surface area contributed by atoms with Crippen molar-refractivity contribution in [2.24, 2.45) is 11.1 Å². The van der Waals surface area contributed by atoms with Gasteiger partial charge in [0.05, 0.1) is 5.60 Å². The molecule has 0 aliphatic carbocycles. The van der Waals surface area contributed by atoms with Crippen LogP contribution in [0.3, 0.4) is 0 Å². The van der Waals surface area contributed by atoms with Crippen LogP contribution in [0.15, 0.2) is 0 Å². The summed E-state index contributed by atoms with van der Waals surface area (Å²) >= 11 is 0. The van der Waals surface area contributed by atoms with Crippen LogP contribution in [0, 0.1) is 5.41 Å². The molecule has 0 saturated carbocycles. The molecule has 0 aromatic heterocycles. The highest BCUT2D eigenvalue weighted by atomic mass is 16.3. The molecule has 0 radical (unpaired) electrons. The van der Waals surface area contributed by atoms with Crippen LogP contribution in [-0.4, -0.2) is 41.8 Å². The Balaban J connectivity index is 3.87. The van der Waals surface area contributed by atoms with Crippen LogP contribution in [0.25, 0.3) is 0 Å². The Morgan fingerprint density at radius 3 is 2.00 bits per heavy atom. The monoisotopic (exact) mass is 216 g/mol. The van der Waals surface area contributed by atoms with Crippen molar-refractivity contribution in [3.05, 3.63) is 0 Å². The molecule has 3 heteroatoms. The van der Waals surface area contributed by atoms with E-state index < -0.39 is 5.60 Å². The number of hydrogen-bond donors (Lipinski definition) is 2. The molecule has 0 amide bonds. The lowest BCUT2D eigenvalue weighted by atomic mass is 9.85. The minimum atomic E-state index is -0.624. The lowest BCUT2D eigenvalue weighted by Crippen LogP contribution is -2.41. The van der Waals surface area contributed by atoms with Crippen molar-refractivity contribution in [2.75, 3.05) is 20.1 Å². The Morgan fingerprint density at radius 1 is 1.20 bits per heavy atom. The quantitative estimate of drug-likeness (QED) is 0.731. The van der Waals surface area contributed by atoms with Gasteiger partial charge in [-0.2, -0.15) is 0 Å². The molecule has 1 atom stereocenters. The Morgan fingerprint density at radius 2 is 1.67 bits per heavy atom.